The van der Waals surface area contributed by atoms with Crippen molar-refractivity contribution >= 4 is 16.1 Å². The summed E-state index contributed by atoms with van der Waals surface area (Å²) in [7, 11) is -6.03. The Morgan fingerprint density at radius 3 is 2.18 bits per heavy atom. The summed E-state index contributed by atoms with van der Waals surface area (Å²) in [6.07, 6.45) is 0. The van der Waals surface area contributed by atoms with Crippen molar-refractivity contribution in [2.24, 2.45) is 0 Å². The topological polar surface area (TPSA) is 58.6 Å². The van der Waals surface area contributed by atoms with E-state index in [-0.39, 0.29) is 6.61 Å². The van der Waals surface area contributed by atoms with Crippen molar-refractivity contribution in [3.8, 4) is 0 Å². The van der Waals surface area contributed by atoms with Gasteiger partial charge in [0.15, 0.2) is 8.32 Å². The second-order valence-electron chi connectivity index (χ2n) is 3.07. The molecule has 0 fully saturated rings. The summed E-state index contributed by atoms with van der Waals surface area (Å²) in [4.78, 5) is 10.9. The summed E-state index contributed by atoms with van der Waals surface area (Å²) in [5.74, 6) is 0. The van der Waals surface area contributed by atoms with E-state index in [4.69, 9.17) is 4.21 Å². The van der Waals surface area contributed by atoms with Crippen LogP contribution in [0.5, 0.6) is 0 Å². The minimum absolute atomic E-state index is 0.130. The van der Waals surface area contributed by atoms with Crippen LogP contribution in [0.15, 0.2) is 0 Å². The molecule has 0 aromatic rings. The van der Waals surface area contributed by atoms with Crippen molar-refractivity contribution in [2.45, 2.75) is 26.6 Å². The van der Waals surface area contributed by atoms with E-state index in [1.807, 2.05) is 0 Å². The number of hydrogen-bond donors (Lipinski definition) is 0. The van der Waals surface area contributed by atoms with Gasteiger partial charge in [0.1, 0.15) is 0 Å². The Bertz CT molecular complexity index is 164. The summed E-state index contributed by atoms with van der Waals surface area (Å²) in [6, 6.07) is 0. The van der Waals surface area contributed by atoms with Gasteiger partial charge in [0, 0.05) is 0 Å². The largest absolute Gasteiger partial charge is 0.757 e. The zero-order valence-corrected chi connectivity index (χ0v) is 9.18. The molecule has 68 valence electrons. The first-order valence-electron chi connectivity index (χ1n) is 3.43. The third-order valence-corrected chi connectivity index (χ3v) is 4.33. The molecule has 11 heavy (non-hydrogen) atoms. The molecule has 0 heterocycles. The van der Waals surface area contributed by atoms with Gasteiger partial charge < -0.3 is 13.6 Å². The Morgan fingerprint density at radius 2 is 1.91 bits per heavy atom. The molecule has 0 aliphatic rings. The minimum atomic E-state index is -4.00. The van der Waals surface area contributed by atoms with Crippen LogP contribution in [-0.4, -0.2) is 14.9 Å². The van der Waals surface area contributed by atoms with E-state index < -0.39 is 16.1 Å². The number of phosphoric ester groups is 1. The third kappa shape index (κ3) is 6.71. The molecule has 0 aromatic carbocycles. The second kappa shape index (κ2) is 3.82. The molecule has 0 aliphatic carbocycles. The Hall–Kier alpha value is 0.327. The van der Waals surface area contributed by atoms with E-state index >= 15 is 0 Å². The highest BCUT2D eigenvalue weighted by Crippen LogP contribution is 2.41. The van der Waals surface area contributed by atoms with Gasteiger partial charge in [-0.15, -0.1) is 0 Å². The lowest BCUT2D eigenvalue weighted by Gasteiger charge is -2.29. The maximum Gasteiger partial charge on any atom is 0.257 e. The monoisotopic (exact) mass is 197 g/mol. The van der Waals surface area contributed by atoms with Crippen LogP contribution in [0.25, 0.3) is 0 Å². The first-order chi connectivity index (χ1) is 4.77. The minimum Gasteiger partial charge on any atom is -0.757 e. The van der Waals surface area contributed by atoms with Crippen LogP contribution >= 0.6 is 7.82 Å². The Kier molecular flexibility index (Phi) is 3.94. The fraction of sp³-hybridized carbons (Fsp3) is 1.00. The molecular weight excluding hydrogens is 183 g/mol. The van der Waals surface area contributed by atoms with Gasteiger partial charge in [0.2, 0.25) is 0 Å². The first-order valence-corrected chi connectivity index (χ1v) is 8.30. The molecular formula is C5H14O4PSi-. The van der Waals surface area contributed by atoms with Gasteiger partial charge >= 0.3 is 0 Å². The Balaban J connectivity index is 4.03. The maximum atomic E-state index is 10.9. The molecule has 0 rings (SSSR count). The van der Waals surface area contributed by atoms with Crippen LogP contribution < -0.4 is 4.89 Å². The van der Waals surface area contributed by atoms with E-state index in [2.05, 4.69) is 4.52 Å². The molecule has 0 amide bonds. The van der Waals surface area contributed by atoms with Gasteiger partial charge in [0.05, 0.1) is 6.61 Å². The number of rotatable bonds is 4. The molecule has 0 saturated heterocycles. The van der Waals surface area contributed by atoms with Crippen molar-refractivity contribution in [1.82, 2.24) is 0 Å². The normalized spacial score (nSPS) is 17.9. The van der Waals surface area contributed by atoms with E-state index in [9.17, 15) is 9.46 Å². The highest BCUT2D eigenvalue weighted by molar-refractivity contribution is 7.47. The van der Waals surface area contributed by atoms with Gasteiger partial charge in [-0.1, -0.05) is 0 Å². The van der Waals surface area contributed by atoms with Crippen LogP contribution in [0, 0.1) is 0 Å². The summed E-state index contributed by atoms with van der Waals surface area (Å²) < 4.78 is 20.1. The van der Waals surface area contributed by atoms with E-state index in [0.29, 0.717) is 0 Å². The SMILES string of the molecule is CCOP(=O)([O-])O[Si](C)(C)C. The molecule has 0 N–H and O–H groups in total. The molecule has 0 aliphatic heterocycles. The Morgan fingerprint density at radius 1 is 1.45 bits per heavy atom. The summed E-state index contributed by atoms with van der Waals surface area (Å²) in [6.45, 7) is 7.10. The lowest BCUT2D eigenvalue weighted by Crippen LogP contribution is -2.27. The van der Waals surface area contributed by atoms with Crippen LogP contribution in [0.4, 0.5) is 0 Å². The van der Waals surface area contributed by atoms with Gasteiger partial charge in [0.25, 0.3) is 7.82 Å². The van der Waals surface area contributed by atoms with Crippen molar-refractivity contribution in [2.75, 3.05) is 6.61 Å². The summed E-state index contributed by atoms with van der Waals surface area (Å²) in [5, 5.41) is 0. The van der Waals surface area contributed by atoms with Gasteiger partial charge in [-0.3, -0.25) is 4.57 Å². The van der Waals surface area contributed by atoms with E-state index in [1.54, 1.807) is 26.6 Å². The highest BCUT2D eigenvalue weighted by Gasteiger charge is 2.21. The average molecular weight is 197 g/mol. The van der Waals surface area contributed by atoms with Crippen LogP contribution in [0.2, 0.25) is 19.6 Å². The van der Waals surface area contributed by atoms with E-state index in [1.165, 1.54) is 0 Å². The summed E-state index contributed by atoms with van der Waals surface area (Å²) in [5.41, 5.74) is 0. The zero-order valence-electron chi connectivity index (χ0n) is 7.29. The van der Waals surface area contributed by atoms with Crippen LogP contribution in [0.1, 0.15) is 6.92 Å². The molecule has 0 aromatic heterocycles. The van der Waals surface area contributed by atoms with Gasteiger partial charge in [-0.2, -0.15) is 0 Å². The van der Waals surface area contributed by atoms with Gasteiger partial charge in [-0.25, -0.2) is 0 Å². The quantitative estimate of drug-likeness (QED) is 0.504. The van der Waals surface area contributed by atoms with Crippen molar-refractivity contribution in [1.29, 1.82) is 0 Å². The lowest BCUT2D eigenvalue weighted by molar-refractivity contribution is -0.217. The fourth-order valence-electron chi connectivity index (χ4n) is 0.520. The predicted molar refractivity (Wildman–Crippen MR) is 43.7 cm³/mol. The van der Waals surface area contributed by atoms with E-state index in [0.717, 1.165) is 0 Å². The molecule has 1 unspecified atom stereocenters. The molecule has 0 bridgehead atoms. The van der Waals surface area contributed by atoms with Crippen LogP contribution in [-0.2, 0) is 13.3 Å². The first kappa shape index (κ1) is 11.3. The standard InChI is InChI=1S/C5H15O4PSi/c1-5-8-10(6,7)9-11(2,3)4/h5H2,1-4H3,(H,6,7)/p-1. The van der Waals surface area contributed by atoms with Crippen molar-refractivity contribution in [3.63, 3.8) is 0 Å². The number of hydrogen-bond acceptors (Lipinski definition) is 4. The molecule has 0 saturated carbocycles. The smallest absolute Gasteiger partial charge is 0.257 e. The zero-order chi connectivity index (χ0) is 9.12. The van der Waals surface area contributed by atoms with Crippen molar-refractivity contribution in [3.05, 3.63) is 0 Å². The van der Waals surface area contributed by atoms with Crippen LogP contribution in [0.3, 0.4) is 0 Å². The predicted octanol–water partition coefficient (Wildman–Crippen LogP) is 1.34. The highest BCUT2D eigenvalue weighted by atomic mass is 31.2. The average Bonchev–Trinajstić information content (AvgIpc) is 1.55. The number of phosphoric acid groups is 1. The molecule has 1 atom stereocenters. The lowest BCUT2D eigenvalue weighted by atomic mass is 10.9. The third-order valence-electron chi connectivity index (χ3n) is 0.673. The molecule has 4 nitrogen and oxygen atoms in total. The second-order valence-corrected chi connectivity index (χ2v) is 9.18. The summed E-state index contributed by atoms with van der Waals surface area (Å²) >= 11 is 0. The van der Waals surface area contributed by atoms with Crippen molar-refractivity contribution < 1.29 is 18.2 Å². The molecule has 0 spiro atoms. The Labute approximate surface area is 68.3 Å². The molecule has 6 heteroatoms. The fourth-order valence-corrected chi connectivity index (χ4v) is 3.73. The maximum absolute atomic E-state index is 10.9. The van der Waals surface area contributed by atoms with Gasteiger partial charge in [-0.05, 0) is 26.6 Å². The molecule has 0 radical (unpaired) electrons.